The van der Waals surface area contributed by atoms with Crippen LogP contribution in [-0.4, -0.2) is 16.2 Å². The van der Waals surface area contributed by atoms with E-state index in [9.17, 15) is 15.0 Å². The molecule has 0 bridgehead atoms. The highest BCUT2D eigenvalue weighted by Crippen LogP contribution is 2.36. The molecule has 0 atom stereocenters. The number of benzene rings is 2. The summed E-state index contributed by atoms with van der Waals surface area (Å²) in [5.74, 6) is -0.104. The minimum absolute atomic E-state index is 0.0385. The molecule has 24 heavy (non-hydrogen) atoms. The van der Waals surface area contributed by atoms with Crippen molar-refractivity contribution in [1.29, 1.82) is 0 Å². The number of phenols is 2. The molecule has 0 aliphatic rings. The van der Waals surface area contributed by atoms with Crippen molar-refractivity contribution in [3.05, 3.63) is 59.7 Å². The first kappa shape index (κ1) is 17.9. The summed E-state index contributed by atoms with van der Waals surface area (Å²) in [4.78, 5) is 11.8. The Morgan fingerprint density at radius 3 is 2.46 bits per heavy atom. The smallest absolute Gasteiger partial charge is 0.306 e. The quantitative estimate of drug-likeness (QED) is 0.744. The summed E-state index contributed by atoms with van der Waals surface area (Å²) in [7, 11) is 0. The minimum atomic E-state index is -0.294. The van der Waals surface area contributed by atoms with Crippen molar-refractivity contribution in [2.45, 2.75) is 45.1 Å². The highest BCUT2D eigenvalue weighted by molar-refractivity contribution is 5.69. The van der Waals surface area contributed by atoms with Crippen molar-refractivity contribution < 1.29 is 19.7 Å². The number of hydrogen-bond acceptors (Lipinski definition) is 4. The van der Waals surface area contributed by atoms with Gasteiger partial charge in [0, 0.05) is 12.5 Å². The predicted octanol–water partition coefficient (Wildman–Crippen LogP) is 4.29. The van der Waals surface area contributed by atoms with Gasteiger partial charge in [0.2, 0.25) is 0 Å². The highest BCUT2D eigenvalue weighted by Gasteiger charge is 2.24. The van der Waals surface area contributed by atoms with Crippen LogP contribution < -0.4 is 0 Å². The van der Waals surface area contributed by atoms with E-state index in [4.69, 9.17) is 4.74 Å². The van der Waals surface area contributed by atoms with Gasteiger partial charge < -0.3 is 14.9 Å². The molecule has 2 aromatic rings. The first-order valence-corrected chi connectivity index (χ1v) is 8.10. The molecule has 4 heteroatoms. The second kappa shape index (κ2) is 7.86. The lowest BCUT2D eigenvalue weighted by Gasteiger charge is -2.26. The third-order valence-electron chi connectivity index (χ3n) is 4.14. The molecule has 4 nitrogen and oxygen atoms in total. The fourth-order valence-corrected chi connectivity index (χ4v) is 2.71. The number of aromatic hydroxyl groups is 2. The van der Waals surface area contributed by atoms with Gasteiger partial charge in [0.15, 0.2) is 0 Å². The Bertz CT molecular complexity index is 677. The van der Waals surface area contributed by atoms with E-state index in [0.717, 1.165) is 17.5 Å². The van der Waals surface area contributed by atoms with Crippen molar-refractivity contribution >= 4 is 5.97 Å². The average Bonchev–Trinajstić information content (AvgIpc) is 2.53. The SMILES string of the molecule is CC(C)(CCCC(=O)OCc1ccccc1)c1ccc(O)cc1O. The number of esters is 1. The van der Waals surface area contributed by atoms with Crippen LogP contribution in [0.25, 0.3) is 0 Å². The number of phenolic OH excluding ortho intramolecular Hbond substituents is 2. The van der Waals surface area contributed by atoms with Gasteiger partial charge in [0.1, 0.15) is 18.1 Å². The fourth-order valence-electron chi connectivity index (χ4n) is 2.71. The molecule has 128 valence electrons. The van der Waals surface area contributed by atoms with E-state index in [2.05, 4.69) is 0 Å². The van der Waals surface area contributed by atoms with Gasteiger partial charge >= 0.3 is 5.97 Å². The lowest BCUT2D eigenvalue weighted by Crippen LogP contribution is -2.18. The first-order chi connectivity index (χ1) is 11.4. The van der Waals surface area contributed by atoms with Gasteiger partial charge in [-0.3, -0.25) is 4.79 Å². The van der Waals surface area contributed by atoms with Gasteiger partial charge in [0.25, 0.3) is 0 Å². The summed E-state index contributed by atoms with van der Waals surface area (Å²) in [6.07, 6.45) is 1.74. The predicted molar refractivity (Wildman–Crippen MR) is 92.9 cm³/mol. The summed E-state index contributed by atoms with van der Waals surface area (Å²) in [6.45, 7) is 4.31. The molecule has 0 spiro atoms. The van der Waals surface area contributed by atoms with Crippen LogP contribution in [0.1, 0.15) is 44.2 Å². The number of ether oxygens (including phenoxy) is 1. The Morgan fingerprint density at radius 1 is 1.08 bits per heavy atom. The fraction of sp³-hybridized carbons (Fsp3) is 0.350. The van der Waals surface area contributed by atoms with Crippen LogP contribution in [0.2, 0.25) is 0 Å². The molecular weight excluding hydrogens is 304 g/mol. The number of hydrogen-bond donors (Lipinski definition) is 2. The van der Waals surface area contributed by atoms with Crippen molar-refractivity contribution in [3.63, 3.8) is 0 Å². The molecule has 0 saturated heterocycles. The van der Waals surface area contributed by atoms with E-state index in [0.29, 0.717) is 19.4 Å². The third-order valence-corrected chi connectivity index (χ3v) is 4.14. The molecule has 0 unspecified atom stereocenters. The molecule has 0 heterocycles. The molecular formula is C20H24O4. The minimum Gasteiger partial charge on any atom is -0.508 e. The molecule has 0 saturated carbocycles. The zero-order valence-electron chi connectivity index (χ0n) is 14.2. The van der Waals surface area contributed by atoms with E-state index in [1.807, 2.05) is 44.2 Å². The van der Waals surface area contributed by atoms with E-state index >= 15 is 0 Å². The highest BCUT2D eigenvalue weighted by atomic mass is 16.5. The maximum atomic E-state index is 11.8. The summed E-state index contributed by atoms with van der Waals surface area (Å²) in [5, 5.41) is 19.4. The van der Waals surface area contributed by atoms with Gasteiger partial charge in [-0.25, -0.2) is 0 Å². The second-order valence-corrected chi connectivity index (χ2v) is 6.59. The largest absolute Gasteiger partial charge is 0.508 e. The van der Waals surface area contributed by atoms with Crippen LogP contribution in [0, 0.1) is 0 Å². The van der Waals surface area contributed by atoms with Crippen molar-refractivity contribution in [2.75, 3.05) is 0 Å². The van der Waals surface area contributed by atoms with Gasteiger partial charge in [-0.1, -0.05) is 50.2 Å². The standard InChI is InChI=1S/C20H24O4/c1-20(2,17-11-10-16(21)13-18(17)22)12-6-9-19(23)24-14-15-7-4-3-5-8-15/h3-5,7-8,10-11,13,21-22H,6,9,12,14H2,1-2H3. The van der Waals surface area contributed by atoms with Crippen LogP contribution >= 0.6 is 0 Å². The molecule has 0 fully saturated rings. The van der Waals surface area contributed by atoms with Crippen LogP contribution in [0.3, 0.4) is 0 Å². The van der Waals surface area contributed by atoms with E-state index in [1.54, 1.807) is 12.1 Å². The average molecular weight is 328 g/mol. The topological polar surface area (TPSA) is 66.8 Å². The molecule has 0 amide bonds. The van der Waals surface area contributed by atoms with Crippen LogP contribution in [-0.2, 0) is 21.6 Å². The zero-order chi connectivity index (χ0) is 17.6. The molecule has 0 aliphatic heterocycles. The Hall–Kier alpha value is -2.49. The monoisotopic (exact) mass is 328 g/mol. The van der Waals surface area contributed by atoms with Gasteiger partial charge in [-0.2, -0.15) is 0 Å². The zero-order valence-corrected chi connectivity index (χ0v) is 14.2. The van der Waals surface area contributed by atoms with Crippen molar-refractivity contribution in [1.82, 2.24) is 0 Å². The summed E-state index contributed by atoms with van der Waals surface area (Å²) >= 11 is 0. The Kier molecular flexibility index (Phi) is 5.85. The molecule has 0 radical (unpaired) electrons. The molecule has 2 N–H and O–H groups in total. The van der Waals surface area contributed by atoms with E-state index in [1.165, 1.54) is 6.07 Å². The molecule has 2 rings (SSSR count). The normalized spacial score (nSPS) is 11.2. The number of rotatable bonds is 7. The second-order valence-electron chi connectivity index (χ2n) is 6.59. The van der Waals surface area contributed by atoms with Crippen molar-refractivity contribution in [2.24, 2.45) is 0 Å². The Morgan fingerprint density at radius 2 is 1.79 bits per heavy atom. The third kappa shape index (κ3) is 5.01. The first-order valence-electron chi connectivity index (χ1n) is 8.10. The molecule has 0 aromatic heterocycles. The number of carbonyl (C=O) groups is 1. The number of carbonyl (C=O) groups excluding carboxylic acids is 1. The molecule has 2 aromatic carbocycles. The maximum absolute atomic E-state index is 11.8. The maximum Gasteiger partial charge on any atom is 0.306 e. The summed E-state index contributed by atoms with van der Waals surface area (Å²) < 4.78 is 5.27. The van der Waals surface area contributed by atoms with E-state index < -0.39 is 0 Å². The lowest BCUT2D eigenvalue weighted by atomic mass is 9.79. The Balaban J connectivity index is 1.80. The van der Waals surface area contributed by atoms with Gasteiger partial charge in [-0.05, 0) is 35.4 Å². The van der Waals surface area contributed by atoms with Gasteiger partial charge in [0.05, 0.1) is 0 Å². The van der Waals surface area contributed by atoms with Crippen LogP contribution in [0.15, 0.2) is 48.5 Å². The van der Waals surface area contributed by atoms with Crippen LogP contribution in [0.4, 0.5) is 0 Å². The molecule has 0 aliphatic carbocycles. The summed E-state index contributed by atoms with van der Waals surface area (Å²) in [5.41, 5.74) is 1.44. The van der Waals surface area contributed by atoms with Gasteiger partial charge in [-0.15, -0.1) is 0 Å². The van der Waals surface area contributed by atoms with Crippen LogP contribution in [0.5, 0.6) is 11.5 Å². The Labute approximate surface area is 142 Å². The van der Waals surface area contributed by atoms with E-state index in [-0.39, 0.29) is 22.9 Å². The lowest BCUT2D eigenvalue weighted by molar-refractivity contribution is -0.145. The van der Waals surface area contributed by atoms with Crippen molar-refractivity contribution in [3.8, 4) is 11.5 Å². The summed E-state index contributed by atoms with van der Waals surface area (Å²) in [6, 6.07) is 14.2.